The molecule has 3 unspecified atom stereocenters. The van der Waals surface area contributed by atoms with Crippen molar-refractivity contribution in [2.24, 2.45) is 17.8 Å². The molecule has 0 aromatic rings. The quantitative estimate of drug-likeness (QED) is 0.839. The summed E-state index contributed by atoms with van der Waals surface area (Å²) in [6, 6.07) is 0. The Bertz CT molecular complexity index is 365. The van der Waals surface area contributed by atoms with Crippen LogP contribution >= 0.6 is 0 Å². The Hall–Kier alpha value is -0.610. The Morgan fingerprint density at radius 2 is 1.81 bits per heavy atom. The number of rotatable bonds is 3. The summed E-state index contributed by atoms with van der Waals surface area (Å²) in [7, 11) is 0. The van der Waals surface area contributed by atoms with Crippen molar-refractivity contribution in [2.45, 2.75) is 63.3 Å². The van der Waals surface area contributed by atoms with E-state index >= 15 is 0 Å². The van der Waals surface area contributed by atoms with Crippen molar-refractivity contribution >= 4 is 5.91 Å². The molecule has 2 N–H and O–H groups in total. The summed E-state index contributed by atoms with van der Waals surface area (Å²) >= 11 is 0. The van der Waals surface area contributed by atoms with Crippen LogP contribution in [0.25, 0.3) is 0 Å². The van der Waals surface area contributed by atoms with Gasteiger partial charge in [0.1, 0.15) is 0 Å². The van der Waals surface area contributed by atoms with E-state index in [2.05, 4.69) is 5.32 Å². The minimum absolute atomic E-state index is 0.0286. The molecule has 1 amide bonds. The molecule has 1 aliphatic heterocycles. The lowest BCUT2D eigenvalue weighted by Crippen LogP contribution is -2.56. The van der Waals surface area contributed by atoms with Gasteiger partial charge in [-0.2, -0.15) is 0 Å². The third kappa shape index (κ3) is 3.42. The van der Waals surface area contributed by atoms with E-state index in [-0.39, 0.29) is 18.4 Å². The van der Waals surface area contributed by atoms with Gasteiger partial charge < -0.3 is 15.2 Å². The average Bonchev–Trinajstić information content (AvgIpc) is 2.55. The predicted molar refractivity (Wildman–Crippen MR) is 80.8 cm³/mol. The Balaban J connectivity index is 1.57. The number of hydrogen-bond donors (Lipinski definition) is 2. The molecule has 3 rings (SSSR count). The first-order chi connectivity index (χ1) is 10.2. The van der Waals surface area contributed by atoms with Crippen LogP contribution in [0.5, 0.6) is 0 Å². The summed E-state index contributed by atoms with van der Waals surface area (Å²) in [6.45, 7) is 1.30. The van der Waals surface area contributed by atoms with Crippen molar-refractivity contribution in [2.75, 3.05) is 19.8 Å². The number of carbonyl (C=O) groups excluding carboxylic acids is 1. The Morgan fingerprint density at radius 1 is 1.10 bits per heavy atom. The predicted octanol–water partition coefficient (Wildman–Crippen LogP) is 2.25. The second kappa shape index (κ2) is 6.66. The van der Waals surface area contributed by atoms with Gasteiger partial charge in [0.15, 0.2) is 0 Å². The zero-order valence-corrected chi connectivity index (χ0v) is 13.0. The van der Waals surface area contributed by atoms with Crippen LogP contribution < -0.4 is 5.32 Å². The summed E-state index contributed by atoms with van der Waals surface area (Å²) in [5.74, 6) is 1.98. The molecular weight excluding hydrogens is 266 g/mol. The van der Waals surface area contributed by atoms with Crippen LogP contribution in [0.15, 0.2) is 0 Å². The third-order valence-electron chi connectivity index (χ3n) is 6.05. The van der Waals surface area contributed by atoms with Gasteiger partial charge in [0.05, 0.1) is 12.1 Å². The highest BCUT2D eigenvalue weighted by atomic mass is 16.5. The first kappa shape index (κ1) is 15.3. The van der Waals surface area contributed by atoms with Gasteiger partial charge in [-0.05, 0) is 43.9 Å². The van der Waals surface area contributed by atoms with Crippen LogP contribution in [-0.4, -0.2) is 36.4 Å². The van der Waals surface area contributed by atoms with Gasteiger partial charge in [-0.3, -0.25) is 4.79 Å². The molecule has 3 aliphatic rings. The Kier molecular flexibility index (Phi) is 4.85. The second-order valence-corrected chi connectivity index (χ2v) is 7.35. The molecule has 0 radical (unpaired) electrons. The summed E-state index contributed by atoms with van der Waals surface area (Å²) in [5, 5.41) is 12.9. The molecule has 0 aromatic heterocycles. The highest BCUT2D eigenvalue weighted by Crippen LogP contribution is 2.42. The van der Waals surface area contributed by atoms with Crippen molar-refractivity contribution in [1.82, 2.24) is 5.32 Å². The first-order valence-electron chi connectivity index (χ1n) is 8.73. The summed E-state index contributed by atoms with van der Waals surface area (Å²) in [5.41, 5.74) is -0.432. The number of amides is 1. The molecule has 2 aliphatic carbocycles. The van der Waals surface area contributed by atoms with E-state index in [4.69, 9.17) is 4.74 Å². The van der Waals surface area contributed by atoms with Gasteiger partial charge in [0.25, 0.3) is 0 Å². The number of nitrogens with one attached hydrogen (secondary N) is 1. The minimum Gasteiger partial charge on any atom is -0.394 e. The van der Waals surface area contributed by atoms with E-state index in [1.807, 2.05) is 0 Å². The molecule has 4 nitrogen and oxygen atoms in total. The maximum Gasteiger partial charge on any atom is 0.223 e. The molecule has 0 spiro atoms. The molecule has 4 heteroatoms. The highest BCUT2D eigenvalue weighted by molar-refractivity contribution is 5.79. The molecule has 120 valence electrons. The van der Waals surface area contributed by atoms with E-state index in [9.17, 15) is 9.90 Å². The van der Waals surface area contributed by atoms with Crippen molar-refractivity contribution in [1.29, 1.82) is 0 Å². The van der Waals surface area contributed by atoms with Crippen LogP contribution in [-0.2, 0) is 9.53 Å². The second-order valence-electron chi connectivity index (χ2n) is 7.35. The van der Waals surface area contributed by atoms with Gasteiger partial charge >= 0.3 is 0 Å². The monoisotopic (exact) mass is 295 g/mol. The highest BCUT2D eigenvalue weighted by Gasteiger charge is 2.39. The summed E-state index contributed by atoms with van der Waals surface area (Å²) in [4.78, 5) is 12.6. The van der Waals surface area contributed by atoms with E-state index in [1.165, 1.54) is 32.1 Å². The third-order valence-corrected chi connectivity index (χ3v) is 6.05. The van der Waals surface area contributed by atoms with Crippen molar-refractivity contribution in [3.8, 4) is 0 Å². The maximum atomic E-state index is 12.6. The molecule has 21 heavy (non-hydrogen) atoms. The van der Waals surface area contributed by atoms with Gasteiger partial charge in [-0.15, -0.1) is 0 Å². The first-order valence-corrected chi connectivity index (χ1v) is 8.73. The molecule has 1 saturated heterocycles. The van der Waals surface area contributed by atoms with Crippen LogP contribution in [0.3, 0.4) is 0 Å². The number of ether oxygens (including phenoxy) is 1. The molecule has 0 bridgehead atoms. The molecule has 2 saturated carbocycles. The fourth-order valence-corrected chi connectivity index (χ4v) is 4.56. The fourth-order valence-electron chi connectivity index (χ4n) is 4.56. The topological polar surface area (TPSA) is 58.6 Å². The SMILES string of the molecule is O=C(NC1(CO)CCOCC1)C1CCC2CCCCC2C1. The smallest absolute Gasteiger partial charge is 0.223 e. The normalized spacial score (nSPS) is 35.8. The standard InChI is InChI=1S/C17H29NO3/c19-12-17(7-9-21-10-8-17)18-16(20)15-6-5-13-3-1-2-4-14(13)11-15/h13-15,19H,1-12H2,(H,18,20). The van der Waals surface area contributed by atoms with Crippen molar-refractivity contribution in [3.05, 3.63) is 0 Å². The number of aliphatic hydroxyl groups excluding tert-OH is 1. The maximum absolute atomic E-state index is 12.6. The van der Waals surface area contributed by atoms with Crippen molar-refractivity contribution in [3.63, 3.8) is 0 Å². The van der Waals surface area contributed by atoms with Gasteiger partial charge in [0, 0.05) is 19.1 Å². The van der Waals surface area contributed by atoms with Gasteiger partial charge in [-0.1, -0.05) is 25.7 Å². The Labute approximate surface area is 127 Å². The van der Waals surface area contributed by atoms with Crippen molar-refractivity contribution < 1.29 is 14.6 Å². The van der Waals surface area contributed by atoms with Gasteiger partial charge in [0.2, 0.25) is 5.91 Å². The molecule has 1 heterocycles. The molecule has 3 fully saturated rings. The lowest BCUT2D eigenvalue weighted by Gasteiger charge is -2.41. The number of aliphatic hydroxyl groups is 1. The largest absolute Gasteiger partial charge is 0.394 e. The molecular formula is C17H29NO3. The van der Waals surface area contributed by atoms with Crippen LogP contribution in [0.4, 0.5) is 0 Å². The minimum atomic E-state index is -0.432. The Morgan fingerprint density at radius 3 is 2.52 bits per heavy atom. The lowest BCUT2D eigenvalue weighted by atomic mass is 9.67. The summed E-state index contributed by atoms with van der Waals surface area (Å²) in [6.07, 6.45) is 10.2. The average molecular weight is 295 g/mol. The number of hydrogen-bond acceptors (Lipinski definition) is 3. The van der Waals surface area contributed by atoms with E-state index in [0.717, 1.165) is 37.5 Å². The van der Waals surface area contributed by atoms with Crippen LogP contribution in [0.2, 0.25) is 0 Å². The van der Waals surface area contributed by atoms with Gasteiger partial charge in [-0.25, -0.2) is 0 Å². The van der Waals surface area contributed by atoms with E-state index < -0.39 is 5.54 Å². The number of carbonyl (C=O) groups is 1. The fraction of sp³-hybridized carbons (Fsp3) is 0.941. The summed E-state index contributed by atoms with van der Waals surface area (Å²) < 4.78 is 5.36. The molecule has 0 aromatic carbocycles. The number of fused-ring (bicyclic) bond motifs is 1. The zero-order chi connectivity index (χ0) is 14.7. The van der Waals surface area contributed by atoms with Crippen LogP contribution in [0, 0.1) is 17.8 Å². The molecule has 3 atom stereocenters. The van der Waals surface area contributed by atoms with E-state index in [0.29, 0.717) is 13.2 Å². The van der Waals surface area contributed by atoms with E-state index in [1.54, 1.807) is 0 Å². The lowest BCUT2D eigenvalue weighted by molar-refractivity contribution is -0.131. The zero-order valence-electron chi connectivity index (χ0n) is 13.0. The van der Waals surface area contributed by atoms with Crippen LogP contribution in [0.1, 0.15) is 57.8 Å².